The Kier molecular flexibility index (Phi) is 6.12. The van der Waals surface area contributed by atoms with E-state index in [-0.39, 0.29) is 18.3 Å². The van der Waals surface area contributed by atoms with E-state index in [1.807, 2.05) is 42.5 Å². The summed E-state index contributed by atoms with van der Waals surface area (Å²) < 4.78 is 10.8. The molecule has 3 atom stereocenters. The highest BCUT2D eigenvalue weighted by Gasteiger charge is 2.36. The van der Waals surface area contributed by atoms with Gasteiger partial charge < -0.3 is 14.5 Å². The summed E-state index contributed by atoms with van der Waals surface area (Å²) in [7, 11) is 0. The van der Waals surface area contributed by atoms with Crippen molar-refractivity contribution in [1.29, 1.82) is 0 Å². The van der Waals surface area contributed by atoms with Crippen molar-refractivity contribution in [2.75, 3.05) is 6.61 Å². The Labute approximate surface area is 159 Å². The largest absolute Gasteiger partial charge is 0.466 e. The molecule has 1 heterocycles. The van der Waals surface area contributed by atoms with E-state index < -0.39 is 6.04 Å². The summed E-state index contributed by atoms with van der Waals surface area (Å²) >= 11 is 0. The molecule has 0 aliphatic heterocycles. The summed E-state index contributed by atoms with van der Waals surface area (Å²) in [4.78, 5) is 24.2. The first-order valence-electron chi connectivity index (χ1n) is 9.35. The first kappa shape index (κ1) is 19.0. The highest BCUT2D eigenvalue weighted by molar-refractivity contribution is 5.92. The number of hydrogen-bond donors (Lipinski definition) is 1. The molecule has 1 aliphatic rings. The van der Waals surface area contributed by atoms with Gasteiger partial charge in [0.05, 0.1) is 19.1 Å². The Hall–Kier alpha value is -2.82. The van der Waals surface area contributed by atoms with Gasteiger partial charge in [0.1, 0.15) is 11.5 Å². The predicted octanol–water partition coefficient (Wildman–Crippen LogP) is 4.23. The van der Waals surface area contributed by atoms with Crippen molar-refractivity contribution in [3.8, 4) is 0 Å². The zero-order chi connectivity index (χ0) is 19.2. The SMILES string of the molecule is CCOC(=O)CC(NC(=O)/C=C/c1ccc(C2CC2C)o1)c1ccccc1. The maximum atomic E-state index is 12.4. The maximum absolute atomic E-state index is 12.4. The van der Waals surface area contributed by atoms with Gasteiger partial charge >= 0.3 is 5.97 Å². The number of furan rings is 1. The number of carbonyl (C=O) groups is 2. The molecule has 5 heteroatoms. The van der Waals surface area contributed by atoms with Crippen LogP contribution >= 0.6 is 0 Å². The lowest BCUT2D eigenvalue weighted by atomic mass is 10.0. The minimum atomic E-state index is -0.443. The van der Waals surface area contributed by atoms with Crippen molar-refractivity contribution in [2.45, 2.75) is 38.6 Å². The van der Waals surface area contributed by atoms with E-state index in [1.165, 1.54) is 6.08 Å². The third-order valence-electron chi connectivity index (χ3n) is 4.72. The predicted molar refractivity (Wildman–Crippen MR) is 103 cm³/mol. The van der Waals surface area contributed by atoms with Crippen molar-refractivity contribution < 1.29 is 18.7 Å². The summed E-state index contributed by atoms with van der Waals surface area (Å²) in [5.41, 5.74) is 0.857. The van der Waals surface area contributed by atoms with Crippen molar-refractivity contribution in [2.24, 2.45) is 5.92 Å². The number of hydrogen-bond acceptors (Lipinski definition) is 4. The maximum Gasteiger partial charge on any atom is 0.308 e. The van der Waals surface area contributed by atoms with Gasteiger partial charge in [0.25, 0.3) is 0 Å². The van der Waals surface area contributed by atoms with Crippen LogP contribution in [0.1, 0.15) is 55.7 Å². The number of carbonyl (C=O) groups excluding carboxylic acids is 2. The van der Waals surface area contributed by atoms with Crippen LogP contribution in [0, 0.1) is 5.92 Å². The average molecular weight is 367 g/mol. The summed E-state index contributed by atoms with van der Waals surface area (Å²) in [5, 5.41) is 2.87. The Morgan fingerprint density at radius 3 is 2.67 bits per heavy atom. The summed E-state index contributed by atoms with van der Waals surface area (Å²) in [5.74, 6) is 2.18. The normalized spacial score (nSPS) is 19.6. The van der Waals surface area contributed by atoms with Crippen LogP contribution in [0.3, 0.4) is 0 Å². The van der Waals surface area contributed by atoms with Crippen LogP contribution in [0.5, 0.6) is 0 Å². The lowest BCUT2D eigenvalue weighted by Gasteiger charge is -2.17. The zero-order valence-electron chi connectivity index (χ0n) is 15.7. The minimum absolute atomic E-state index is 0.0852. The Morgan fingerprint density at radius 1 is 1.26 bits per heavy atom. The second-order valence-electron chi connectivity index (χ2n) is 6.87. The molecule has 1 aromatic carbocycles. The monoisotopic (exact) mass is 367 g/mol. The molecule has 27 heavy (non-hydrogen) atoms. The van der Waals surface area contributed by atoms with Gasteiger partial charge in [0.15, 0.2) is 0 Å². The van der Waals surface area contributed by atoms with Crippen LogP contribution in [0.2, 0.25) is 0 Å². The summed E-state index contributed by atoms with van der Waals surface area (Å²) in [6.07, 6.45) is 4.32. The molecule has 0 spiro atoms. The quantitative estimate of drug-likeness (QED) is 0.560. The van der Waals surface area contributed by atoms with Crippen LogP contribution < -0.4 is 5.32 Å². The van der Waals surface area contributed by atoms with E-state index in [0.29, 0.717) is 24.2 Å². The molecular weight excluding hydrogens is 342 g/mol. The lowest BCUT2D eigenvalue weighted by Crippen LogP contribution is -2.29. The van der Waals surface area contributed by atoms with Gasteiger partial charge in [-0.05, 0) is 43.0 Å². The van der Waals surface area contributed by atoms with Crippen LogP contribution in [-0.2, 0) is 14.3 Å². The Bertz CT molecular complexity index is 809. The summed E-state index contributed by atoms with van der Waals surface area (Å²) in [6, 6.07) is 12.8. The van der Waals surface area contributed by atoms with Gasteiger partial charge in [0, 0.05) is 12.0 Å². The van der Waals surface area contributed by atoms with Gasteiger partial charge in [-0.25, -0.2) is 0 Å². The fourth-order valence-electron chi connectivity index (χ4n) is 3.08. The number of benzene rings is 1. The topological polar surface area (TPSA) is 68.5 Å². The molecular formula is C22H25NO4. The molecule has 1 N–H and O–H groups in total. The van der Waals surface area contributed by atoms with Crippen LogP contribution in [0.15, 0.2) is 53.0 Å². The van der Waals surface area contributed by atoms with Gasteiger partial charge in [-0.3, -0.25) is 9.59 Å². The molecule has 1 saturated carbocycles. The minimum Gasteiger partial charge on any atom is -0.466 e. The third-order valence-corrected chi connectivity index (χ3v) is 4.72. The molecule has 2 aromatic rings. The Morgan fingerprint density at radius 2 is 2.00 bits per heavy atom. The second kappa shape index (κ2) is 8.71. The van der Waals surface area contributed by atoms with Crippen molar-refractivity contribution in [1.82, 2.24) is 5.32 Å². The number of ether oxygens (including phenoxy) is 1. The number of esters is 1. The van der Waals surface area contributed by atoms with E-state index in [4.69, 9.17) is 9.15 Å². The smallest absolute Gasteiger partial charge is 0.308 e. The third kappa shape index (κ3) is 5.33. The lowest BCUT2D eigenvalue weighted by molar-refractivity contribution is -0.143. The van der Waals surface area contributed by atoms with E-state index in [2.05, 4.69) is 12.2 Å². The standard InChI is InChI=1S/C22H25NO4/c1-3-26-22(25)14-19(16-7-5-4-6-8-16)23-21(24)12-10-17-9-11-20(27-17)18-13-15(18)2/h4-12,15,18-19H,3,13-14H2,1-2H3,(H,23,24)/b12-10+. The van der Waals surface area contributed by atoms with E-state index >= 15 is 0 Å². The fourth-order valence-corrected chi connectivity index (χ4v) is 3.08. The number of amides is 1. The molecule has 3 unspecified atom stereocenters. The molecule has 1 fully saturated rings. The molecule has 0 radical (unpaired) electrons. The number of rotatable bonds is 8. The van der Waals surface area contributed by atoms with Crippen molar-refractivity contribution in [3.05, 3.63) is 65.6 Å². The average Bonchev–Trinajstić information content (AvgIpc) is 3.20. The van der Waals surface area contributed by atoms with Crippen molar-refractivity contribution >= 4 is 18.0 Å². The molecule has 5 nitrogen and oxygen atoms in total. The van der Waals surface area contributed by atoms with E-state index in [9.17, 15) is 9.59 Å². The molecule has 1 amide bonds. The molecule has 3 rings (SSSR count). The zero-order valence-corrected chi connectivity index (χ0v) is 15.7. The molecule has 1 aliphatic carbocycles. The Balaban J connectivity index is 1.62. The number of nitrogens with one attached hydrogen (secondary N) is 1. The fraction of sp³-hybridized carbons (Fsp3) is 0.364. The van der Waals surface area contributed by atoms with Crippen LogP contribution in [0.4, 0.5) is 0 Å². The van der Waals surface area contributed by atoms with Gasteiger partial charge in [-0.1, -0.05) is 37.3 Å². The molecule has 1 aromatic heterocycles. The van der Waals surface area contributed by atoms with Gasteiger partial charge in [0.2, 0.25) is 5.91 Å². The second-order valence-corrected chi connectivity index (χ2v) is 6.87. The molecule has 0 saturated heterocycles. The molecule has 0 bridgehead atoms. The highest BCUT2D eigenvalue weighted by Crippen LogP contribution is 2.47. The first-order valence-corrected chi connectivity index (χ1v) is 9.35. The van der Waals surface area contributed by atoms with Gasteiger partial charge in [-0.15, -0.1) is 0 Å². The van der Waals surface area contributed by atoms with Crippen LogP contribution in [-0.4, -0.2) is 18.5 Å². The molecule has 142 valence electrons. The van der Waals surface area contributed by atoms with Gasteiger partial charge in [-0.2, -0.15) is 0 Å². The summed E-state index contributed by atoms with van der Waals surface area (Å²) in [6.45, 7) is 4.27. The van der Waals surface area contributed by atoms with Crippen molar-refractivity contribution in [3.63, 3.8) is 0 Å². The highest BCUT2D eigenvalue weighted by atomic mass is 16.5. The van der Waals surface area contributed by atoms with Crippen LogP contribution in [0.25, 0.3) is 6.08 Å². The van der Waals surface area contributed by atoms with E-state index in [1.54, 1.807) is 13.0 Å². The van der Waals surface area contributed by atoms with E-state index in [0.717, 1.165) is 17.7 Å². The first-order chi connectivity index (χ1) is 13.1.